The molecule has 0 N–H and O–H groups in total. The largest absolute Gasteiger partial charge is 0.741 e. The second kappa shape index (κ2) is 12.0. The molecule has 0 fully saturated rings. The minimum atomic E-state index is -6.09. The smallest absolute Gasteiger partial charge is 0.485 e. The van der Waals surface area contributed by atoms with Crippen molar-refractivity contribution in [2.24, 2.45) is 0 Å². The van der Waals surface area contributed by atoms with Crippen LogP contribution in [0.25, 0.3) is 49.5 Å². The van der Waals surface area contributed by atoms with Gasteiger partial charge in [-0.2, -0.15) is 17.7 Å². The van der Waals surface area contributed by atoms with Crippen molar-refractivity contribution in [2.45, 2.75) is 59.0 Å². The van der Waals surface area contributed by atoms with Gasteiger partial charge in [-0.15, -0.1) is 0 Å². The Morgan fingerprint density at radius 1 is 0.848 bits per heavy atom. The molecule has 6 aromatic rings. The quantitative estimate of drug-likeness (QED) is 0.107. The number of alkyl halides is 3. The molecule has 0 aliphatic rings. The van der Waals surface area contributed by atoms with Crippen molar-refractivity contribution < 1.29 is 30.7 Å². The molecule has 0 bridgehead atoms. The van der Waals surface area contributed by atoms with Crippen molar-refractivity contribution in [3.05, 3.63) is 107 Å². The van der Waals surface area contributed by atoms with Crippen LogP contribution >= 0.6 is 11.6 Å². The van der Waals surface area contributed by atoms with Crippen molar-refractivity contribution in [3.63, 3.8) is 0 Å². The molecule has 2 heterocycles. The van der Waals surface area contributed by atoms with E-state index in [0.29, 0.717) is 0 Å². The van der Waals surface area contributed by atoms with E-state index in [1.165, 1.54) is 54.8 Å². The molecule has 0 saturated carbocycles. The van der Waals surface area contributed by atoms with Gasteiger partial charge in [0.15, 0.2) is 10.1 Å². The van der Waals surface area contributed by atoms with Gasteiger partial charge < -0.3 is 9.12 Å². The van der Waals surface area contributed by atoms with Crippen LogP contribution in [0.3, 0.4) is 0 Å². The highest BCUT2D eigenvalue weighted by Gasteiger charge is 2.37. The minimum absolute atomic E-state index is 0.0941. The first-order chi connectivity index (χ1) is 21.4. The average Bonchev–Trinajstić information content (AvgIpc) is 3.33. The van der Waals surface area contributed by atoms with Crippen LogP contribution in [0.15, 0.2) is 85.1 Å². The summed E-state index contributed by atoms with van der Waals surface area (Å²) in [6.07, 6.45) is 2.32. The zero-order chi connectivity index (χ0) is 33.8. The number of aromatic nitrogens is 2. The second-order valence-corrected chi connectivity index (χ2v) is 14.1. The molecule has 0 atom stereocenters. The fourth-order valence-electron chi connectivity index (χ4n) is 5.99. The molecule has 0 unspecified atom stereocenters. The van der Waals surface area contributed by atoms with E-state index >= 15 is 0 Å². The Hall–Kier alpha value is -3.92. The van der Waals surface area contributed by atoms with Gasteiger partial charge >= 0.3 is 5.51 Å². The highest BCUT2D eigenvalue weighted by molar-refractivity contribution is 7.86. The van der Waals surface area contributed by atoms with Gasteiger partial charge in [-0.3, -0.25) is 0 Å². The van der Waals surface area contributed by atoms with Gasteiger partial charge in [0.05, 0.1) is 16.5 Å². The van der Waals surface area contributed by atoms with Crippen LogP contribution < -0.4 is 4.57 Å². The monoisotopic (exact) mass is 666 g/mol. The predicted molar refractivity (Wildman–Crippen MR) is 179 cm³/mol. The SMILES string of the molecule is CC[n+]1c2ccc(C(C)(C)C)cc2c2c(C)c3cn(-c4ccc(Cl)cc4)c(-c4ccccc4)cc3c(C)c21.O=S(=O)([O-])C(F)(F)F. The standard InChI is InChI=1S/C35H34ClN2.CHF3O3S/c1-7-37-31-18-13-25(35(4,5)6)19-29(31)33-22(2)30-21-38(27-16-14-26(36)15-17-27)32(24-11-9-8-10-12-24)20-28(30)23(3)34(33)37;2-1(3,4)8(5,6)7/h8-21H,7H2,1-6H3;(H,5,6,7)/q+1;/p-1. The van der Waals surface area contributed by atoms with E-state index in [4.69, 9.17) is 24.6 Å². The number of pyridine rings is 1. The summed E-state index contributed by atoms with van der Waals surface area (Å²) in [7, 11) is -6.09. The minimum Gasteiger partial charge on any atom is -0.741 e. The first-order valence-corrected chi connectivity index (χ1v) is 16.5. The fourth-order valence-corrected chi connectivity index (χ4v) is 6.12. The Morgan fingerprint density at radius 3 is 2.00 bits per heavy atom. The first kappa shape index (κ1) is 33.4. The van der Waals surface area contributed by atoms with Crippen molar-refractivity contribution in [1.29, 1.82) is 0 Å². The van der Waals surface area contributed by atoms with Crippen LogP contribution in [0, 0.1) is 13.8 Å². The van der Waals surface area contributed by atoms with Crippen molar-refractivity contribution in [2.75, 3.05) is 0 Å². The Bertz CT molecular complexity index is 2200. The van der Waals surface area contributed by atoms with E-state index in [1.807, 2.05) is 12.1 Å². The number of benzene rings is 4. The van der Waals surface area contributed by atoms with Crippen LogP contribution in [-0.4, -0.2) is 23.0 Å². The number of hydrogen-bond donors (Lipinski definition) is 0. The highest BCUT2D eigenvalue weighted by Crippen LogP contribution is 2.39. The third kappa shape index (κ3) is 6.11. The van der Waals surface area contributed by atoms with Crippen LogP contribution in [0.4, 0.5) is 13.2 Å². The third-order valence-corrected chi connectivity index (χ3v) is 9.15. The Morgan fingerprint density at radius 2 is 1.46 bits per heavy atom. The summed E-state index contributed by atoms with van der Waals surface area (Å²) in [5.74, 6) is 0. The van der Waals surface area contributed by atoms with Gasteiger partial charge in [-0.05, 0) is 84.7 Å². The second-order valence-electron chi connectivity index (χ2n) is 12.3. The van der Waals surface area contributed by atoms with Crippen LogP contribution in [-0.2, 0) is 22.1 Å². The summed E-state index contributed by atoms with van der Waals surface area (Å²) in [5, 5.41) is 6.04. The number of rotatable bonds is 3. The summed E-state index contributed by atoms with van der Waals surface area (Å²) < 4.78 is 63.7. The lowest BCUT2D eigenvalue weighted by atomic mass is 9.86. The summed E-state index contributed by atoms with van der Waals surface area (Å²) in [4.78, 5) is 0. The van der Waals surface area contributed by atoms with Gasteiger partial charge in [0.2, 0.25) is 11.0 Å². The molecule has 46 heavy (non-hydrogen) atoms. The van der Waals surface area contributed by atoms with Crippen LogP contribution in [0.2, 0.25) is 5.02 Å². The van der Waals surface area contributed by atoms with Gasteiger partial charge in [-0.25, -0.2) is 8.42 Å². The van der Waals surface area contributed by atoms with Crippen molar-refractivity contribution >= 4 is 54.3 Å². The number of nitrogens with zero attached hydrogens (tertiary/aromatic N) is 2. The zero-order valence-corrected chi connectivity index (χ0v) is 27.9. The van der Waals surface area contributed by atoms with E-state index in [1.54, 1.807) is 0 Å². The van der Waals surface area contributed by atoms with Gasteiger partial charge in [0.1, 0.15) is 6.54 Å². The normalized spacial score (nSPS) is 12.5. The average molecular weight is 667 g/mol. The lowest BCUT2D eigenvalue weighted by Gasteiger charge is -2.19. The topological polar surface area (TPSA) is 66.0 Å². The molecule has 5 nitrogen and oxygen atoms in total. The van der Waals surface area contributed by atoms with Crippen molar-refractivity contribution in [3.8, 4) is 16.9 Å². The molecule has 4 aromatic carbocycles. The number of halogens is 4. The lowest BCUT2D eigenvalue weighted by molar-refractivity contribution is -0.640. The van der Waals surface area contributed by atoms with Gasteiger partial charge in [-0.1, -0.05) is 68.8 Å². The molecule has 0 aliphatic carbocycles. The van der Waals surface area contributed by atoms with Gasteiger partial charge in [0, 0.05) is 33.9 Å². The molecule has 2 aromatic heterocycles. The lowest BCUT2D eigenvalue weighted by Crippen LogP contribution is -2.32. The Labute approximate surface area is 271 Å². The molecule has 0 spiro atoms. The summed E-state index contributed by atoms with van der Waals surface area (Å²) in [6.45, 7) is 14.7. The first-order valence-electron chi connectivity index (χ1n) is 14.7. The molecule has 0 radical (unpaired) electrons. The van der Waals surface area contributed by atoms with Gasteiger partial charge in [0.25, 0.3) is 0 Å². The van der Waals surface area contributed by atoms with Crippen LogP contribution in [0.1, 0.15) is 44.4 Å². The Balaban J connectivity index is 0.000000463. The molecule has 10 heteroatoms. The molecule has 0 amide bonds. The molecule has 0 saturated heterocycles. The molecule has 240 valence electrons. The molecule has 6 rings (SSSR count). The van der Waals surface area contributed by atoms with E-state index in [0.717, 1.165) is 22.9 Å². The van der Waals surface area contributed by atoms with Crippen molar-refractivity contribution in [1.82, 2.24) is 4.57 Å². The van der Waals surface area contributed by atoms with E-state index in [9.17, 15) is 13.2 Å². The number of fused-ring (bicyclic) bond motifs is 4. The van der Waals surface area contributed by atoms with E-state index in [2.05, 4.69) is 124 Å². The number of hydrogen-bond acceptors (Lipinski definition) is 3. The summed E-state index contributed by atoms with van der Waals surface area (Å²) >= 11 is 6.27. The highest BCUT2D eigenvalue weighted by atomic mass is 35.5. The van der Waals surface area contributed by atoms with E-state index in [-0.39, 0.29) is 5.41 Å². The third-order valence-electron chi connectivity index (χ3n) is 8.33. The predicted octanol–water partition coefficient (Wildman–Crippen LogP) is 9.53. The van der Waals surface area contributed by atoms with Crippen LogP contribution in [0.5, 0.6) is 0 Å². The molecule has 0 aliphatic heterocycles. The maximum atomic E-state index is 10.7. The zero-order valence-electron chi connectivity index (χ0n) is 26.3. The summed E-state index contributed by atoms with van der Waals surface area (Å²) in [5.41, 5.74) is 4.58. The molecular weight excluding hydrogens is 633 g/mol. The maximum absolute atomic E-state index is 10.7. The fraction of sp³-hybridized carbons (Fsp3) is 0.250. The Kier molecular flexibility index (Phi) is 8.74. The summed E-state index contributed by atoms with van der Waals surface area (Å²) in [6, 6.07) is 28.2. The molecular formula is C36H34ClF3N2O3S. The maximum Gasteiger partial charge on any atom is 0.485 e. The van der Waals surface area contributed by atoms with E-state index < -0.39 is 15.6 Å². The number of aryl methyl sites for hydroxylation is 3.